The van der Waals surface area contributed by atoms with Crippen LogP contribution in [0, 0.1) is 0 Å². The Morgan fingerprint density at radius 2 is 2.33 bits per heavy atom. The quantitative estimate of drug-likeness (QED) is 0.460. The van der Waals surface area contributed by atoms with Gasteiger partial charge < -0.3 is 9.47 Å². The van der Waals surface area contributed by atoms with Gasteiger partial charge in [-0.1, -0.05) is 13.3 Å². The minimum Gasteiger partial charge on any atom is -0.480 e. The van der Waals surface area contributed by atoms with Crippen LogP contribution in [-0.4, -0.2) is 36.1 Å². The molecule has 2 heterocycles. The van der Waals surface area contributed by atoms with Crippen molar-refractivity contribution < 1.29 is 19.1 Å². The Balaban J connectivity index is 2.20. The number of anilines is 1. The lowest BCUT2D eigenvalue weighted by atomic mass is 10.2. The van der Waals surface area contributed by atoms with Crippen LogP contribution >= 0.6 is 15.9 Å². The number of hydrogen-bond acceptors (Lipinski definition) is 5. The molecule has 1 amide bonds. The zero-order chi connectivity index (χ0) is 15.4. The molecule has 2 rings (SSSR count). The van der Waals surface area contributed by atoms with Crippen molar-refractivity contribution >= 4 is 33.6 Å². The molecule has 6 nitrogen and oxygen atoms in total. The summed E-state index contributed by atoms with van der Waals surface area (Å²) in [7, 11) is 0. The summed E-state index contributed by atoms with van der Waals surface area (Å²) in [6.45, 7) is 3.89. The van der Waals surface area contributed by atoms with E-state index in [1.807, 2.05) is 6.92 Å². The summed E-state index contributed by atoms with van der Waals surface area (Å²) in [4.78, 5) is 29.7. The van der Waals surface area contributed by atoms with Crippen LogP contribution in [0.25, 0.3) is 0 Å². The van der Waals surface area contributed by atoms with Gasteiger partial charge in [-0.05, 0) is 41.4 Å². The number of amides is 1. The van der Waals surface area contributed by atoms with Gasteiger partial charge in [-0.15, -0.1) is 0 Å². The van der Waals surface area contributed by atoms with E-state index in [-0.39, 0.29) is 12.5 Å². The topological polar surface area (TPSA) is 68.7 Å². The van der Waals surface area contributed by atoms with E-state index >= 15 is 0 Å². The smallest absolute Gasteiger partial charge is 0.329 e. The number of hydrogen-bond donors (Lipinski definition) is 0. The summed E-state index contributed by atoms with van der Waals surface area (Å²) < 4.78 is 11.1. The van der Waals surface area contributed by atoms with Gasteiger partial charge in [0.15, 0.2) is 18.2 Å². The van der Waals surface area contributed by atoms with Crippen LogP contribution in [0.1, 0.15) is 26.7 Å². The maximum Gasteiger partial charge on any atom is 0.329 e. The number of carbonyl (C=O) groups is 2. The molecule has 21 heavy (non-hydrogen) atoms. The standard InChI is InChI=1S/C14H17BrN2O4/c1-3-4-7-20-14(19)9(2)17-12(18)8-21-10-5-6-11(15)16-13(10)17/h5-6,9H,3-4,7-8H2,1-2H3. The molecule has 0 aromatic carbocycles. The summed E-state index contributed by atoms with van der Waals surface area (Å²) in [5, 5.41) is 0. The van der Waals surface area contributed by atoms with E-state index in [0.29, 0.717) is 22.8 Å². The van der Waals surface area contributed by atoms with Gasteiger partial charge in [0.25, 0.3) is 5.91 Å². The number of halogens is 1. The van der Waals surface area contributed by atoms with E-state index in [2.05, 4.69) is 20.9 Å². The molecule has 1 aromatic rings. The van der Waals surface area contributed by atoms with Crippen molar-refractivity contribution in [3.8, 4) is 5.75 Å². The van der Waals surface area contributed by atoms with Crippen molar-refractivity contribution in [2.45, 2.75) is 32.7 Å². The average Bonchev–Trinajstić information content (AvgIpc) is 2.46. The van der Waals surface area contributed by atoms with Crippen LogP contribution in [-0.2, 0) is 14.3 Å². The molecule has 0 N–H and O–H groups in total. The van der Waals surface area contributed by atoms with E-state index in [9.17, 15) is 9.59 Å². The van der Waals surface area contributed by atoms with Gasteiger partial charge in [-0.2, -0.15) is 0 Å². The number of nitrogens with zero attached hydrogens (tertiary/aromatic N) is 2. The van der Waals surface area contributed by atoms with Gasteiger partial charge in [-0.3, -0.25) is 9.69 Å². The van der Waals surface area contributed by atoms with Crippen molar-refractivity contribution in [1.29, 1.82) is 0 Å². The highest BCUT2D eigenvalue weighted by molar-refractivity contribution is 9.10. The van der Waals surface area contributed by atoms with E-state index in [0.717, 1.165) is 12.8 Å². The van der Waals surface area contributed by atoms with Crippen LogP contribution in [0.5, 0.6) is 5.75 Å². The second-order valence-electron chi connectivity index (χ2n) is 4.71. The fourth-order valence-corrected chi connectivity index (χ4v) is 2.27. The van der Waals surface area contributed by atoms with Crippen molar-refractivity contribution in [1.82, 2.24) is 4.98 Å². The lowest BCUT2D eigenvalue weighted by Crippen LogP contribution is -2.49. The first-order valence-corrected chi connectivity index (χ1v) is 7.62. The largest absolute Gasteiger partial charge is 0.480 e. The van der Waals surface area contributed by atoms with Crippen molar-refractivity contribution in [3.05, 3.63) is 16.7 Å². The molecule has 1 atom stereocenters. The van der Waals surface area contributed by atoms with E-state index in [1.165, 1.54) is 4.90 Å². The second-order valence-corrected chi connectivity index (χ2v) is 5.52. The molecule has 1 aliphatic heterocycles. The third-order valence-electron chi connectivity index (χ3n) is 3.12. The number of fused-ring (bicyclic) bond motifs is 1. The molecule has 0 aliphatic carbocycles. The molecular weight excluding hydrogens is 340 g/mol. The summed E-state index contributed by atoms with van der Waals surface area (Å²) in [5.41, 5.74) is 0. The molecule has 0 bridgehead atoms. The highest BCUT2D eigenvalue weighted by Gasteiger charge is 2.35. The van der Waals surface area contributed by atoms with Gasteiger partial charge >= 0.3 is 5.97 Å². The van der Waals surface area contributed by atoms with Crippen molar-refractivity contribution in [3.63, 3.8) is 0 Å². The third kappa shape index (κ3) is 3.53. The van der Waals surface area contributed by atoms with Crippen LogP contribution in [0.4, 0.5) is 5.82 Å². The predicted molar refractivity (Wildman–Crippen MR) is 80.2 cm³/mol. The highest BCUT2D eigenvalue weighted by Crippen LogP contribution is 2.32. The monoisotopic (exact) mass is 356 g/mol. The molecule has 0 fully saturated rings. The molecule has 0 saturated carbocycles. The third-order valence-corrected chi connectivity index (χ3v) is 3.57. The Kier molecular flexibility index (Phi) is 5.17. The zero-order valence-electron chi connectivity index (χ0n) is 12.0. The van der Waals surface area contributed by atoms with E-state index in [4.69, 9.17) is 9.47 Å². The fourth-order valence-electron chi connectivity index (χ4n) is 1.97. The van der Waals surface area contributed by atoms with Crippen molar-refractivity contribution in [2.24, 2.45) is 0 Å². The maximum absolute atomic E-state index is 12.1. The normalized spacial score (nSPS) is 15.2. The summed E-state index contributed by atoms with van der Waals surface area (Å²) >= 11 is 3.25. The Morgan fingerprint density at radius 1 is 1.57 bits per heavy atom. The molecule has 1 unspecified atom stereocenters. The minimum atomic E-state index is -0.737. The Hall–Kier alpha value is -1.63. The first-order valence-electron chi connectivity index (χ1n) is 6.82. The molecule has 0 saturated heterocycles. The van der Waals surface area contributed by atoms with E-state index in [1.54, 1.807) is 19.1 Å². The second kappa shape index (κ2) is 6.89. The number of ether oxygens (including phenoxy) is 2. The lowest BCUT2D eigenvalue weighted by Gasteiger charge is -2.31. The highest BCUT2D eigenvalue weighted by atomic mass is 79.9. The lowest BCUT2D eigenvalue weighted by molar-refractivity contribution is -0.146. The molecule has 114 valence electrons. The zero-order valence-corrected chi connectivity index (χ0v) is 13.6. The van der Waals surface area contributed by atoms with E-state index < -0.39 is 12.0 Å². The SMILES string of the molecule is CCCCOC(=O)C(C)N1C(=O)COc2ccc(Br)nc21. The molecule has 0 radical (unpaired) electrons. The Bertz CT molecular complexity index is 550. The predicted octanol–water partition coefficient (Wildman–Crippen LogP) is 2.30. The number of aromatic nitrogens is 1. The molecule has 1 aromatic heterocycles. The van der Waals surface area contributed by atoms with Crippen LogP contribution in [0.2, 0.25) is 0 Å². The number of pyridine rings is 1. The Labute approximate surface area is 131 Å². The van der Waals surface area contributed by atoms with Gasteiger partial charge in [0, 0.05) is 0 Å². The summed E-state index contributed by atoms with van der Waals surface area (Å²) in [6.07, 6.45) is 1.74. The van der Waals surface area contributed by atoms with Gasteiger partial charge in [0.1, 0.15) is 10.6 Å². The van der Waals surface area contributed by atoms with Gasteiger partial charge in [0.05, 0.1) is 6.61 Å². The summed E-state index contributed by atoms with van der Waals surface area (Å²) in [6, 6.07) is 2.69. The van der Waals surface area contributed by atoms with Crippen LogP contribution in [0.15, 0.2) is 16.7 Å². The summed E-state index contributed by atoms with van der Waals surface area (Å²) in [5.74, 6) is 0.0611. The maximum atomic E-state index is 12.1. The first-order chi connectivity index (χ1) is 10.0. The minimum absolute atomic E-state index is 0.108. The molecule has 1 aliphatic rings. The Morgan fingerprint density at radius 3 is 3.05 bits per heavy atom. The van der Waals surface area contributed by atoms with Gasteiger partial charge in [-0.25, -0.2) is 9.78 Å². The number of unbranched alkanes of at least 4 members (excludes halogenated alkanes) is 1. The van der Waals surface area contributed by atoms with Crippen molar-refractivity contribution in [2.75, 3.05) is 18.1 Å². The number of carbonyl (C=O) groups excluding carboxylic acids is 2. The average molecular weight is 357 g/mol. The van der Waals surface area contributed by atoms with Crippen LogP contribution in [0.3, 0.4) is 0 Å². The van der Waals surface area contributed by atoms with Gasteiger partial charge in [0.2, 0.25) is 0 Å². The number of esters is 1. The van der Waals surface area contributed by atoms with Crippen LogP contribution < -0.4 is 9.64 Å². The molecular formula is C14H17BrN2O4. The number of rotatable bonds is 5. The fraction of sp³-hybridized carbons (Fsp3) is 0.500. The molecule has 7 heteroatoms. The molecule has 0 spiro atoms. The first kappa shape index (κ1) is 15.8.